The lowest BCUT2D eigenvalue weighted by atomic mass is 10.3. The lowest BCUT2D eigenvalue weighted by Crippen LogP contribution is -1.74. The largest absolute Gasteiger partial charge is 0.512 e. The van der Waals surface area contributed by atoms with Gasteiger partial charge in [0.05, 0.1) is 11.5 Å². The van der Waals surface area contributed by atoms with Crippen LogP contribution >= 0.6 is 0 Å². The second kappa shape index (κ2) is 2.42. The van der Waals surface area contributed by atoms with Gasteiger partial charge in [0, 0.05) is 11.3 Å². The van der Waals surface area contributed by atoms with Crippen molar-refractivity contribution in [3.63, 3.8) is 0 Å². The highest BCUT2D eigenvalue weighted by Gasteiger charge is 2.10. The Kier molecular flexibility index (Phi) is 1.60. The first-order chi connectivity index (χ1) is 4.34. The number of hydrogen-bond donors (Lipinski definition) is 1. The molecule has 0 bridgehead atoms. The van der Waals surface area contributed by atoms with E-state index in [9.17, 15) is 0 Å². The van der Waals surface area contributed by atoms with E-state index in [0.29, 0.717) is 12.1 Å². The van der Waals surface area contributed by atoms with Crippen LogP contribution in [0.1, 0.15) is 19.3 Å². The molecule has 4 nitrogen and oxygen atoms in total. The van der Waals surface area contributed by atoms with E-state index in [0.717, 1.165) is 12.8 Å². The van der Waals surface area contributed by atoms with Crippen molar-refractivity contribution in [1.82, 2.24) is 0 Å². The van der Waals surface area contributed by atoms with Gasteiger partial charge >= 0.3 is 0 Å². The number of hydrogen-bond acceptors (Lipinski definition) is 2. The van der Waals surface area contributed by atoms with Gasteiger partial charge in [-0.1, -0.05) is 5.11 Å². The molecule has 1 N–H and O–H groups in total. The van der Waals surface area contributed by atoms with Gasteiger partial charge in [-0.2, -0.15) is 0 Å². The molecule has 0 atom stereocenters. The Morgan fingerprint density at radius 2 is 2.33 bits per heavy atom. The van der Waals surface area contributed by atoms with Crippen LogP contribution in [0.25, 0.3) is 10.4 Å². The van der Waals surface area contributed by atoms with E-state index in [1.807, 2.05) is 0 Å². The molecule has 0 aromatic carbocycles. The van der Waals surface area contributed by atoms with Gasteiger partial charge < -0.3 is 5.11 Å². The van der Waals surface area contributed by atoms with Crippen LogP contribution in [0.5, 0.6) is 0 Å². The third-order valence-electron chi connectivity index (χ3n) is 1.33. The maximum absolute atomic E-state index is 8.93. The molecular formula is C5H7N3O. The third-order valence-corrected chi connectivity index (χ3v) is 1.33. The van der Waals surface area contributed by atoms with E-state index < -0.39 is 0 Å². The molecule has 0 aliphatic heterocycles. The van der Waals surface area contributed by atoms with Gasteiger partial charge in [0.1, 0.15) is 0 Å². The zero-order valence-electron chi connectivity index (χ0n) is 4.91. The summed E-state index contributed by atoms with van der Waals surface area (Å²) in [5, 5.41) is 12.2. The van der Waals surface area contributed by atoms with Crippen LogP contribution in [0.2, 0.25) is 0 Å². The van der Waals surface area contributed by atoms with Crippen molar-refractivity contribution in [2.24, 2.45) is 5.11 Å². The molecule has 0 spiro atoms. The van der Waals surface area contributed by atoms with E-state index in [-0.39, 0.29) is 5.76 Å². The van der Waals surface area contributed by atoms with Gasteiger partial charge in [-0.05, 0) is 18.4 Å². The Morgan fingerprint density at radius 3 is 2.78 bits per heavy atom. The number of azide groups is 1. The Morgan fingerprint density at radius 1 is 1.56 bits per heavy atom. The average molecular weight is 125 g/mol. The molecule has 0 amide bonds. The summed E-state index contributed by atoms with van der Waals surface area (Å²) >= 11 is 0. The first kappa shape index (κ1) is 5.98. The summed E-state index contributed by atoms with van der Waals surface area (Å²) in [4.78, 5) is 2.58. The van der Waals surface area contributed by atoms with Crippen LogP contribution in [0.3, 0.4) is 0 Å². The molecule has 48 valence electrons. The second-order valence-corrected chi connectivity index (χ2v) is 1.94. The molecule has 0 aromatic heterocycles. The smallest absolute Gasteiger partial charge is 0.0977 e. The molecule has 0 radical (unpaired) electrons. The Balaban J connectivity index is 2.77. The molecule has 1 aliphatic carbocycles. The van der Waals surface area contributed by atoms with Crippen LogP contribution in [-0.2, 0) is 0 Å². The topological polar surface area (TPSA) is 69.0 Å². The number of aliphatic hydroxyl groups excluding tert-OH is 1. The van der Waals surface area contributed by atoms with Crippen LogP contribution in [0.4, 0.5) is 0 Å². The van der Waals surface area contributed by atoms with E-state index >= 15 is 0 Å². The minimum Gasteiger partial charge on any atom is -0.512 e. The number of rotatable bonds is 1. The standard InChI is InChI=1S/C5H7N3O/c6-8-7-4-2-1-3-5(4)9/h9H,1-3H2. The highest BCUT2D eigenvalue weighted by Crippen LogP contribution is 2.24. The minimum absolute atomic E-state index is 0.257. The summed E-state index contributed by atoms with van der Waals surface area (Å²) < 4.78 is 0. The molecule has 0 saturated heterocycles. The summed E-state index contributed by atoms with van der Waals surface area (Å²) in [6.07, 6.45) is 2.28. The predicted octanol–water partition coefficient (Wildman–Crippen LogP) is 2.25. The lowest BCUT2D eigenvalue weighted by molar-refractivity contribution is 0.393. The molecular weight excluding hydrogens is 118 g/mol. The fraction of sp³-hybridized carbons (Fsp3) is 0.600. The Bertz CT molecular complexity index is 190. The van der Waals surface area contributed by atoms with E-state index in [1.54, 1.807) is 0 Å². The minimum atomic E-state index is 0.257. The number of nitrogens with zero attached hydrogens (tertiary/aromatic N) is 3. The van der Waals surface area contributed by atoms with Crippen LogP contribution in [0.15, 0.2) is 16.6 Å². The van der Waals surface area contributed by atoms with E-state index in [4.69, 9.17) is 10.6 Å². The van der Waals surface area contributed by atoms with Gasteiger partial charge in [-0.25, -0.2) is 0 Å². The summed E-state index contributed by atoms with van der Waals surface area (Å²) in [5.74, 6) is 0.257. The second-order valence-electron chi connectivity index (χ2n) is 1.94. The van der Waals surface area contributed by atoms with Crippen molar-refractivity contribution in [1.29, 1.82) is 0 Å². The van der Waals surface area contributed by atoms with E-state index in [1.165, 1.54) is 0 Å². The Labute approximate surface area is 52.4 Å². The lowest BCUT2D eigenvalue weighted by Gasteiger charge is -1.87. The van der Waals surface area contributed by atoms with Crippen molar-refractivity contribution in [3.8, 4) is 0 Å². The number of allylic oxidation sites excluding steroid dienone is 2. The monoisotopic (exact) mass is 125 g/mol. The first-order valence-electron chi connectivity index (χ1n) is 2.80. The average Bonchev–Trinajstić information content (AvgIpc) is 2.18. The predicted molar refractivity (Wildman–Crippen MR) is 32.7 cm³/mol. The summed E-state index contributed by atoms with van der Waals surface area (Å²) in [6.45, 7) is 0. The fourth-order valence-corrected chi connectivity index (χ4v) is 0.874. The molecule has 0 heterocycles. The summed E-state index contributed by atoms with van der Waals surface area (Å²) in [5.41, 5.74) is 8.47. The number of aliphatic hydroxyl groups is 1. The molecule has 9 heavy (non-hydrogen) atoms. The van der Waals surface area contributed by atoms with Crippen LogP contribution in [-0.4, -0.2) is 5.11 Å². The van der Waals surface area contributed by atoms with Crippen molar-refractivity contribution in [2.45, 2.75) is 19.3 Å². The van der Waals surface area contributed by atoms with Gasteiger partial charge in [-0.3, -0.25) is 0 Å². The molecule has 1 rings (SSSR count). The van der Waals surface area contributed by atoms with Crippen molar-refractivity contribution >= 4 is 0 Å². The van der Waals surface area contributed by atoms with Crippen LogP contribution in [0, 0.1) is 0 Å². The Hall–Kier alpha value is -1.15. The van der Waals surface area contributed by atoms with Crippen molar-refractivity contribution in [3.05, 3.63) is 21.9 Å². The molecule has 0 fully saturated rings. The zero-order valence-corrected chi connectivity index (χ0v) is 4.91. The molecule has 4 heteroatoms. The van der Waals surface area contributed by atoms with Crippen molar-refractivity contribution < 1.29 is 5.11 Å². The first-order valence-corrected chi connectivity index (χ1v) is 2.80. The van der Waals surface area contributed by atoms with Crippen molar-refractivity contribution in [2.75, 3.05) is 0 Å². The third kappa shape index (κ3) is 1.15. The summed E-state index contributed by atoms with van der Waals surface area (Å²) in [6, 6.07) is 0. The molecule has 0 saturated carbocycles. The highest BCUT2D eigenvalue weighted by molar-refractivity contribution is 5.11. The maximum Gasteiger partial charge on any atom is 0.0977 e. The normalized spacial score (nSPS) is 17.8. The van der Waals surface area contributed by atoms with Gasteiger partial charge in [0.25, 0.3) is 0 Å². The van der Waals surface area contributed by atoms with Gasteiger partial charge in [0.2, 0.25) is 0 Å². The summed E-state index contributed by atoms with van der Waals surface area (Å²) in [7, 11) is 0. The molecule has 1 aliphatic rings. The molecule has 0 aromatic rings. The van der Waals surface area contributed by atoms with Gasteiger partial charge in [-0.15, -0.1) is 0 Å². The van der Waals surface area contributed by atoms with Crippen LogP contribution < -0.4 is 0 Å². The fourth-order valence-electron chi connectivity index (χ4n) is 0.874. The highest BCUT2D eigenvalue weighted by atomic mass is 16.3. The quantitative estimate of drug-likeness (QED) is 0.326. The SMILES string of the molecule is [N-]=[N+]=NC1=C(O)CCC1. The maximum atomic E-state index is 8.93. The molecule has 0 unspecified atom stereocenters. The van der Waals surface area contributed by atoms with E-state index in [2.05, 4.69) is 10.0 Å². The zero-order chi connectivity index (χ0) is 6.69. The van der Waals surface area contributed by atoms with Gasteiger partial charge in [0.15, 0.2) is 0 Å².